The highest BCUT2D eigenvalue weighted by Gasteiger charge is 2.31. The molecule has 0 radical (unpaired) electrons. The molecule has 0 aromatic heterocycles. The summed E-state index contributed by atoms with van der Waals surface area (Å²) in [5.41, 5.74) is 9.99. The largest absolute Gasteiger partial charge is 0.329 e. The van der Waals surface area contributed by atoms with Crippen molar-refractivity contribution in [2.45, 2.75) is 25.7 Å². The Balaban J connectivity index is 2.55. The summed E-state index contributed by atoms with van der Waals surface area (Å²) in [5.74, 6) is 0. The van der Waals surface area contributed by atoms with Crippen molar-refractivity contribution in [3.63, 3.8) is 0 Å². The van der Waals surface area contributed by atoms with Crippen LogP contribution in [0, 0.1) is 0 Å². The molecule has 0 saturated heterocycles. The summed E-state index contributed by atoms with van der Waals surface area (Å²) in [6, 6.07) is 21.2. The summed E-state index contributed by atoms with van der Waals surface area (Å²) in [4.78, 5) is 0. The monoisotopic (exact) mass is 265 g/mol. The van der Waals surface area contributed by atoms with E-state index in [1.54, 1.807) is 0 Å². The van der Waals surface area contributed by atoms with Crippen molar-refractivity contribution >= 4 is 0 Å². The molecule has 0 aliphatic heterocycles. The molecule has 0 spiro atoms. The molecule has 0 unspecified atom stereocenters. The Hall–Kier alpha value is -1.86. The molecular formula is C19H23N. The molecule has 0 aliphatic rings. The molecule has 0 heterocycles. The molecule has 0 atom stereocenters. The zero-order chi connectivity index (χ0) is 14.4. The third-order valence-electron chi connectivity index (χ3n) is 3.86. The third-order valence-corrected chi connectivity index (χ3v) is 3.86. The molecule has 1 heteroatoms. The van der Waals surface area contributed by atoms with Gasteiger partial charge in [-0.25, -0.2) is 0 Å². The molecule has 2 aromatic rings. The summed E-state index contributed by atoms with van der Waals surface area (Å²) in [5, 5.41) is 0. The average Bonchev–Trinajstić information content (AvgIpc) is 2.50. The fraction of sp³-hybridized carbons (Fsp3) is 0.263. The highest BCUT2D eigenvalue weighted by atomic mass is 14.6. The minimum absolute atomic E-state index is 0.139. The molecule has 0 amide bonds. The van der Waals surface area contributed by atoms with Crippen LogP contribution in [-0.4, -0.2) is 6.54 Å². The first-order chi connectivity index (χ1) is 9.69. The third kappa shape index (κ3) is 3.00. The van der Waals surface area contributed by atoms with E-state index in [1.807, 2.05) is 0 Å². The van der Waals surface area contributed by atoms with E-state index in [0.717, 1.165) is 6.42 Å². The van der Waals surface area contributed by atoms with Gasteiger partial charge < -0.3 is 5.73 Å². The van der Waals surface area contributed by atoms with Crippen LogP contribution in [0.1, 0.15) is 31.4 Å². The fourth-order valence-electron chi connectivity index (χ4n) is 2.61. The molecule has 0 fully saturated rings. The van der Waals surface area contributed by atoms with E-state index in [1.165, 1.54) is 16.7 Å². The number of nitrogens with two attached hydrogens (primary N) is 1. The zero-order valence-corrected chi connectivity index (χ0v) is 12.3. The van der Waals surface area contributed by atoms with Crippen molar-refractivity contribution in [1.82, 2.24) is 0 Å². The topological polar surface area (TPSA) is 26.0 Å². The lowest BCUT2D eigenvalue weighted by Crippen LogP contribution is -2.36. The van der Waals surface area contributed by atoms with Gasteiger partial charge >= 0.3 is 0 Å². The predicted octanol–water partition coefficient (Wildman–Crippen LogP) is 4.29. The first-order valence-electron chi connectivity index (χ1n) is 7.13. The van der Waals surface area contributed by atoms with Gasteiger partial charge in [0.1, 0.15) is 0 Å². The summed E-state index contributed by atoms with van der Waals surface area (Å²) in [7, 11) is 0. The molecule has 2 rings (SSSR count). The lowest BCUT2D eigenvalue weighted by molar-refractivity contribution is 0.532. The van der Waals surface area contributed by atoms with Gasteiger partial charge in [-0.3, -0.25) is 0 Å². The maximum Gasteiger partial charge on any atom is 0.0359 e. The number of benzene rings is 2. The van der Waals surface area contributed by atoms with Gasteiger partial charge in [-0.15, -0.1) is 0 Å². The highest BCUT2D eigenvalue weighted by molar-refractivity contribution is 5.40. The van der Waals surface area contributed by atoms with E-state index in [9.17, 15) is 0 Å². The quantitative estimate of drug-likeness (QED) is 0.802. The van der Waals surface area contributed by atoms with Crippen LogP contribution >= 0.6 is 0 Å². The summed E-state index contributed by atoms with van der Waals surface area (Å²) in [6.07, 6.45) is 3.22. The van der Waals surface area contributed by atoms with Crippen molar-refractivity contribution in [3.8, 4) is 0 Å². The van der Waals surface area contributed by atoms with E-state index in [2.05, 4.69) is 80.6 Å². The van der Waals surface area contributed by atoms with Crippen LogP contribution in [0.3, 0.4) is 0 Å². The smallest absolute Gasteiger partial charge is 0.0359 e. The lowest BCUT2D eigenvalue weighted by Gasteiger charge is -2.33. The van der Waals surface area contributed by atoms with Gasteiger partial charge in [0.15, 0.2) is 0 Å². The lowest BCUT2D eigenvalue weighted by atomic mass is 9.72. The van der Waals surface area contributed by atoms with Gasteiger partial charge in [-0.2, -0.15) is 0 Å². The van der Waals surface area contributed by atoms with Crippen LogP contribution in [0.25, 0.3) is 0 Å². The van der Waals surface area contributed by atoms with Crippen molar-refractivity contribution in [1.29, 1.82) is 0 Å². The maximum absolute atomic E-state index is 6.23. The second kappa shape index (κ2) is 6.53. The van der Waals surface area contributed by atoms with Crippen LogP contribution < -0.4 is 5.73 Å². The van der Waals surface area contributed by atoms with E-state index < -0.39 is 0 Å². The van der Waals surface area contributed by atoms with Crippen LogP contribution in [0.4, 0.5) is 0 Å². The van der Waals surface area contributed by atoms with E-state index >= 15 is 0 Å². The van der Waals surface area contributed by atoms with Gasteiger partial charge in [-0.05, 0) is 31.4 Å². The molecular weight excluding hydrogens is 242 g/mol. The number of hydrogen-bond acceptors (Lipinski definition) is 1. The van der Waals surface area contributed by atoms with Gasteiger partial charge in [-0.1, -0.05) is 72.3 Å². The standard InChI is InChI=1S/C19H23N/c1-16(2)13-14-19(15-20,17-9-5-3-6-10-17)18-11-7-4-8-12-18/h3-13H,14-15,20H2,1-2H3. The molecule has 0 saturated carbocycles. The van der Waals surface area contributed by atoms with Crippen molar-refractivity contribution < 1.29 is 0 Å². The second-order valence-electron chi connectivity index (χ2n) is 5.50. The van der Waals surface area contributed by atoms with Crippen LogP contribution in [0.5, 0.6) is 0 Å². The van der Waals surface area contributed by atoms with Gasteiger partial charge in [0.25, 0.3) is 0 Å². The first kappa shape index (κ1) is 14.5. The molecule has 104 valence electrons. The summed E-state index contributed by atoms with van der Waals surface area (Å²) < 4.78 is 0. The molecule has 1 nitrogen and oxygen atoms in total. The molecule has 20 heavy (non-hydrogen) atoms. The Morgan fingerprint density at radius 1 is 0.900 bits per heavy atom. The Kier molecular flexibility index (Phi) is 4.75. The minimum Gasteiger partial charge on any atom is -0.329 e. The fourth-order valence-corrected chi connectivity index (χ4v) is 2.61. The van der Waals surface area contributed by atoms with Crippen molar-refractivity contribution in [2.24, 2.45) is 5.73 Å². The van der Waals surface area contributed by atoms with Crippen LogP contribution in [0.2, 0.25) is 0 Å². The summed E-state index contributed by atoms with van der Waals surface area (Å²) >= 11 is 0. The highest BCUT2D eigenvalue weighted by Crippen LogP contribution is 2.35. The van der Waals surface area contributed by atoms with Gasteiger partial charge in [0, 0.05) is 12.0 Å². The maximum atomic E-state index is 6.23. The molecule has 2 N–H and O–H groups in total. The Morgan fingerprint density at radius 2 is 1.35 bits per heavy atom. The Labute approximate surface area is 122 Å². The summed E-state index contributed by atoms with van der Waals surface area (Å²) in [6.45, 7) is 4.87. The van der Waals surface area contributed by atoms with Crippen LogP contribution in [0.15, 0.2) is 72.3 Å². The van der Waals surface area contributed by atoms with E-state index in [4.69, 9.17) is 5.73 Å². The number of allylic oxidation sites excluding steroid dienone is 2. The second-order valence-corrected chi connectivity index (χ2v) is 5.50. The number of hydrogen-bond donors (Lipinski definition) is 1. The van der Waals surface area contributed by atoms with Crippen molar-refractivity contribution in [3.05, 3.63) is 83.4 Å². The Bertz CT molecular complexity index is 511. The zero-order valence-electron chi connectivity index (χ0n) is 12.3. The molecule has 2 aromatic carbocycles. The van der Waals surface area contributed by atoms with E-state index in [0.29, 0.717) is 6.54 Å². The SMILES string of the molecule is CC(C)=CCC(CN)(c1ccccc1)c1ccccc1. The Morgan fingerprint density at radius 3 is 1.70 bits per heavy atom. The van der Waals surface area contributed by atoms with Crippen LogP contribution in [-0.2, 0) is 5.41 Å². The minimum atomic E-state index is -0.139. The predicted molar refractivity (Wildman–Crippen MR) is 86.8 cm³/mol. The van der Waals surface area contributed by atoms with Gasteiger partial charge in [0.2, 0.25) is 0 Å². The van der Waals surface area contributed by atoms with Gasteiger partial charge in [0.05, 0.1) is 0 Å². The number of rotatable bonds is 5. The first-order valence-corrected chi connectivity index (χ1v) is 7.13. The molecule has 0 bridgehead atoms. The normalized spacial score (nSPS) is 11.2. The van der Waals surface area contributed by atoms with Crippen molar-refractivity contribution in [2.75, 3.05) is 6.54 Å². The molecule has 0 aliphatic carbocycles. The van der Waals surface area contributed by atoms with E-state index in [-0.39, 0.29) is 5.41 Å². The average molecular weight is 265 g/mol.